The SMILES string of the molecule is CC1(O)CCCN(Cc2nnc(-c3cccs3)o2)CC1. The summed E-state index contributed by atoms with van der Waals surface area (Å²) in [6, 6.07) is 3.95. The third-order valence-electron chi connectivity index (χ3n) is 3.71. The van der Waals surface area contributed by atoms with Crippen LogP contribution in [-0.4, -0.2) is 38.9 Å². The molecule has 0 amide bonds. The van der Waals surface area contributed by atoms with Crippen molar-refractivity contribution >= 4 is 11.3 Å². The predicted molar refractivity (Wildman–Crippen MR) is 77.4 cm³/mol. The van der Waals surface area contributed by atoms with E-state index in [2.05, 4.69) is 15.1 Å². The molecule has 0 saturated carbocycles. The van der Waals surface area contributed by atoms with Crippen LogP contribution in [-0.2, 0) is 6.54 Å². The summed E-state index contributed by atoms with van der Waals surface area (Å²) < 4.78 is 5.71. The van der Waals surface area contributed by atoms with E-state index < -0.39 is 5.60 Å². The first-order valence-electron chi connectivity index (χ1n) is 6.93. The molecule has 0 bridgehead atoms. The Labute approximate surface area is 122 Å². The zero-order valence-electron chi connectivity index (χ0n) is 11.6. The Hall–Kier alpha value is -1.24. The minimum absolute atomic E-state index is 0.536. The fourth-order valence-corrected chi connectivity index (χ4v) is 3.13. The quantitative estimate of drug-likeness (QED) is 0.942. The second-order valence-corrected chi connectivity index (χ2v) is 6.55. The molecule has 1 saturated heterocycles. The Morgan fingerprint density at radius 2 is 2.30 bits per heavy atom. The van der Waals surface area contributed by atoms with E-state index in [1.807, 2.05) is 24.4 Å². The second kappa shape index (κ2) is 5.63. The summed E-state index contributed by atoms with van der Waals surface area (Å²) in [5.74, 6) is 1.24. The van der Waals surface area contributed by atoms with Crippen LogP contribution >= 0.6 is 11.3 Å². The molecule has 3 heterocycles. The molecular formula is C14H19N3O2S. The Kier molecular flexibility index (Phi) is 3.87. The number of aliphatic hydroxyl groups is 1. The summed E-state index contributed by atoms with van der Waals surface area (Å²) in [6.45, 7) is 4.41. The highest BCUT2D eigenvalue weighted by atomic mass is 32.1. The van der Waals surface area contributed by atoms with Gasteiger partial charge in [-0.2, -0.15) is 0 Å². The molecule has 0 aromatic carbocycles. The number of likely N-dealkylation sites (tertiary alicyclic amines) is 1. The van der Waals surface area contributed by atoms with E-state index in [0.29, 0.717) is 18.3 Å². The molecule has 108 valence electrons. The maximum absolute atomic E-state index is 10.1. The third kappa shape index (κ3) is 3.26. The number of rotatable bonds is 3. The Morgan fingerprint density at radius 3 is 3.10 bits per heavy atom. The van der Waals surface area contributed by atoms with Crippen molar-refractivity contribution in [3.8, 4) is 10.8 Å². The zero-order valence-corrected chi connectivity index (χ0v) is 12.4. The highest BCUT2D eigenvalue weighted by Crippen LogP contribution is 2.25. The Balaban J connectivity index is 1.63. The van der Waals surface area contributed by atoms with Crippen molar-refractivity contribution < 1.29 is 9.52 Å². The van der Waals surface area contributed by atoms with Gasteiger partial charge in [-0.25, -0.2) is 0 Å². The summed E-state index contributed by atoms with van der Waals surface area (Å²) in [5.41, 5.74) is -0.536. The molecule has 0 aliphatic carbocycles. The van der Waals surface area contributed by atoms with E-state index >= 15 is 0 Å². The van der Waals surface area contributed by atoms with Gasteiger partial charge < -0.3 is 9.52 Å². The molecule has 1 unspecified atom stereocenters. The van der Waals surface area contributed by atoms with Crippen LogP contribution in [0.25, 0.3) is 10.8 Å². The largest absolute Gasteiger partial charge is 0.419 e. The summed E-state index contributed by atoms with van der Waals surface area (Å²) in [4.78, 5) is 3.27. The van der Waals surface area contributed by atoms with Crippen LogP contribution in [0.2, 0.25) is 0 Å². The topological polar surface area (TPSA) is 62.4 Å². The van der Waals surface area contributed by atoms with E-state index in [0.717, 1.165) is 37.2 Å². The highest BCUT2D eigenvalue weighted by Gasteiger charge is 2.25. The maximum Gasteiger partial charge on any atom is 0.257 e. The molecule has 1 aliphatic heterocycles. The van der Waals surface area contributed by atoms with Gasteiger partial charge in [0.2, 0.25) is 5.89 Å². The van der Waals surface area contributed by atoms with Crippen molar-refractivity contribution in [1.82, 2.24) is 15.1 Å². The van der Waals surface area contributed by atoms with Crippen molar-refractivity contribution in [2.45, 2.75) is 38.3 Å². The van der Waals surface area contributed by atoms with Gasteiger partial charge in [-0.05, 0) is 44.2 Å². The monoisotopic (exact) mass is 293 g/mol. The molecule has 1 aliphatic rings. The molecule has 20 heavy (non-hydrogen) atoms. The van der Waals surface area contributed by atoms with Crippen LogP contribution in [0, 0.1) is 0 Å². The van der Waals surface area contributed by atoms with Gasteiger partial charge in [0.25, 0.3) is 5.89 Å². The fourth-order valence-electron chi connectivity index (χ4n) is 2.49. The van der Waals surface area contributed by atoms with Gasteiger partial charge in [-0.1, -0.05) is 6.07 Å². The first kappa shape index (κ1) is 13.7. The lowest BCUT2D eigenvalue weighted by atomic mass is 9.98. The Bertz CT molecular complexity index is 551. The smallest absolute Gasteiger partial charge is 0.257 e. The highest BCUT2D eigenvalue weighted by molar-refractivity contribution is 7.13. The summed E-state index contributed by atoms with van der Waals surface area (Å²) in [5, 5.41) is 20.3. The molecule has 2 aromatic rings. The van der Waals surface area contributed by atoms with Crippen LogP contribution in [0.3, 0.4) is 0 Å². The molecule has 1 atom stereocenters. The van der Waals surface area contributed by atoms with E-state index in [-0.39, 0.29) is 0 Å². The van der Waals surface area contributed by atoms with Crippen molar-refractivity contribution in [2.75, 3.05) is 13.1 Å². The van der Waals surface area contributed by atoms with Gasteiger partial charge in [0.1, 0.15) is 0 Å². The normalized spacial score (nSPS) is 24.7. The number of nitrogens with zero attached hydrogens (tertiary/aromatic N) is 3. The van der Waals surface area contributed by atoms with Gasteiger partial charge in [-0.15, -0.1) is 21.5 Å². The fraction of sp³-hybridized carbons (Fsp3) is 0.571. The molecule has 1 N–H and O–H groups in total. The van der Waals surface area contributed by atoms with E-state index in [1.165, 1.54) is 0 Å². The van der Waals surface area contributed by atoms with Crippen LogP contribution in [0.5, 0.6) is 0 Å². The zero-order chi connectivity index (χ0) is 14.0. The van der Waals surface area contributed by atoms with Gasteiger partial charge in [0.15, 0.2) is 0 Å². The lowest BCUT2D eigenvalue weighted by Crippen LogP contribution is -2.28. The van der Waals surface area contributed by atoms with Gasteiger partial charge >= 0.3 is 0 Å². The van der Waals surface area contributed by atoms with Gasteiger partial charge in [0, 0.05) is 6.54 Å². The van der Waals surface area contributed by atoms with E-state index in [4.69, 9.17) is 4.42 Å². The second-order valence-electron chi connectivity index (χ2n) is 5.60. The first-order valence-corrected chi connectivity index (χ1v) is 7.81. The number of hydrogen-bond donors (Lipinski definition) is 1. The average molecular weight is 293 g/mol. The minimum atomic E-state index is -0.536. The predicted octanol–water partition coefficient (Wildman–Crippen LogP) is 2.54. The minimum Gasteiger partial charge on any atom is -0.419 e. The van der Waals surface area contributed by atoms with E-state index in [1.54, 1.807) is 11.3 Å². The molecule has 0 spiro atoms. The van der Waals surface area contributed by atoms with Crippen molar-refractivity contribution in [1.29, 1.82) is 0 Å². The molecule has 3 rings (SSSR count). The summed E-state index contributed by atoms with van der Waals surface area (Å²) in [6.07, 6.45) is 2.64. The number of thiophene rings is 1. The third-order valence-corrected chi connectivity index (χ3v) is 4.57. The van der Waals surface area contributed by atoms with Crippen LogP contribution in [0.1, 0.15) is 32.1 Å². The molecule has 1 fully saturated rings. The Morgan fingerprint density at radius 1 is 1.40 bits per heavy atom. The summed E-state index contributed by atoms with van der Waals surface area (Å²) in [7, 11) is 0. The molecular weight excluding hydrogens is 274 g/mol. The number of hydrogen-bond acceptors (Lipinski definition) is 6. The maximum atomic E-state index is 10.1. The van der Waals surface area contributed by atoms with Crippen LogP contribution in [0.15, 0.2) is 21.9 Å². The van der Waals surface area contributed by atoms with Gasteiger partial charge in [-0.3, -0.25) is 4.90 Å². The van der Waals surface area contributed by atoms with Crippen LogP contribution < -0.4 is 0 Å². The summed E-state index contributed by atoms with van der Waals surface area (Å²) >= 11 is 1.60. The standard InChI is InChI=1S/C14H19N3O2S/c1-14(18)5-3-7-17(8-6-14)10-12-15-16-13(19-12)11-4-2-9-20-11/h2,4,9,18H,3,5-8,10H2,1H3. The molecule has 5 nitrogen and oxygen atoms in total. The average Bonchev–Trinajstić information content (AvgIpc) is 3.03. The van der Waals surface area contributed by atoms with E-state index in [9.17, 15) is 5.11 Å². The van der Waals surface area contributed by atoms with Crippen LogP contribution in [0.4, 0.5) is 0 Å². The lowest BCUT2D eigenvalue weighted by molar-refractivity contribution is 0.0441. The van der Waals surface area contributed by atoms with Crippen molar-refractivity contribution in [2.24, 2.45) is 0 Å². The number of aromatic nitrogens is 2. The molecule has 0 radical (unpaired) electrons. The first-order chi connectivity index (χ1) is 9.62. The van der Waals surface area contributed by atoms with Gasteiger partial charge in [0.05, 0.1) is 17.0 Å². The molecule has 2 aromatic heterocycles. The molecule has 6 heteroatoms. The van der Waals surface area contributed by atoms with Crippen molar-refractivity contribution in [3.05, 3.63) is 23.4 Å². The van der Waals surface area contributed by atoms with Crippen molar-refractivity contribution in [3.63, 3.8) is 0 Å². The lowest BCUT2D eigenvalue weighted by Gasteiger charge is -2.21.